The highest BCUT2D eigenvalue weighted by Crippen LogP contribution is 1.77. The van der Waals surface area contributed by atoms with Gasteiger partial charge in [-0.15, -0.1) is 0 Å². The van der Waals surface area contributed by atoms with E-state index in [0.717, 1.165) is 0 Å². The van der Waals surface area contributed by atoms with Crippen LogP contribution in [0, 0.1) is 0 Å². The molecule has 0 bridgehead atoms. The lowest BCUT2D eigenvalue weighted by Gasteiger charge is -2.00. The van der Waals surface area contributed by atoms with E-state index in [1.165, 1.54) is 0 Å². The highest BCUT2D eigenvalue weighted by molar-refractivity contribution is 5.67. The van der Waals surface area contributed by atoms with E-state index in [2.05, 4.69) is 10.1 Å². The fourth-order valence-corrected chi connectivity index (χ4v) is 0.572. The first-order chi connectivity index (χ1) is 5.81. The minimum absolute atomic E-state index is 0.389. The first kappa shape index (κ1) is 11.0. The Hall–Kier alpha value is -1.03. The molecule has 4 heteroatoms. The average Bonchev–Trinajstić information content (AvgIpc) is 2.05. The molecule has 1 N–H and O–H groups in total. The maximum Gasteiger partial charge on any atom is 0.407 e. The van der Waals surface area contributed by atoms with Gasteiger partial charge in [-0.05, 0) is 6.92 Å². The Morgan fingerprint density at radius 2 is 2.25 bits per heavy atom. The highest BCUT2D eigenvalue weighted by Gasteiger charge is 1.94. The molecular formula is C8H15NO3. The maximum absolute atomic E-state index is 10.7. The van der Waals surface area contributed by atoms with Crippen LogP contribution in [-0.2, 0) is 9.47 Å². The summed E-state index contributed by atoms with van der Waals surface area (Å²) < 4.78 is 9.40. The van der Waals surface area contributed by atoms with Gasteiger partial charge in [-0.2, -0.15) is 0 Å². The number of ether oxygens (including phenoxy) is 2. The second-order valence-electron chi connectivity index (χ2n) is 2.03. The van der Waals surface area contributed by atoms with Crippen molar-refractivity contribution in [3.63, 3.8) is 0 Å². The molecular weight excluding hydrogens is 158 g/mol. The van der Waals surface area contributed by atoms with Crippen LogP contribution in [0.1, 0.15) is 6.92 Å². The second kappa shape index (κ2) is 8.07. The molecule has 12 heavy (non-hydrogen) atoms. The van der Waals surface area contributed by atoms with Crippen molar-refractivity contribution in [1.82, 2.24) is 5.32 Å². The summed E-state index contributed by atoms with van der Waals surface area (Å²) in [4.78, 5) is 10.7. The molecule has 0 rings (SSSR count). The molecule has 0 aliphatic carbocycles. The second-order valence-corrected chi connectivity index (χ2v) is 2.03. The molecule has 1 amide bonds. The molecule has 0 aromatic carbocycles. The fraction of sp³-hybridized carbons (Fsp3) is 0.625. The van der Waals surface area contributed by atoms with E-state index in [-0.39, 0.29) is 6.09 Å². The first-order valence-corrected chi connectivity index (χ1v) is 3.85. The fourth-order valence-electron chi connectivity index (χ4n) is 0.572. The van der Waals surface area contributed by atoms with Gasteiger partial charge in [0.1, 0.15) is 0 Å². The molecule has 0 aromatic rings. The number of alkyl carbamates (subject to hydrolysis) is 1. The smallest absolute Gasteiger partial charge is 0.407 e. The molecule has 0 radical (unpaired) electrons. The summed E-state index contributed by atoms with van der Waals surface area (Å²) in [7, 11) is 1.61. The van der Waals surface area contributed by atoms with Gasteiger partial charge in [0, 0.05) is 13.7 Å². The summed E-state index contributed by atoms with van der Waals surface area (Å²) in [6.07, 6.45) is 3.24. The Kier molecular flexibility index (Phi) is 7.38. The van der Waals surface area contributed by atoms with E-state index >= 15 is 0 Å². The number of hydrogen-bond acceptors (Lipinski definition) is 3. The van der Waals surface area contributed by atoms with Crippen molar-refractivity contribution < 1.29 is 14.3 Å². The van der Waals surface area contributed by atoms with E-state index in [0.29, 0.717) is 19.8 Å². The standard InChI is InChI=1S/C8H15NO3/c1-3-12-8(10)9-6-4-5-7-11-2/h4-5H,3,6-7H2,1-2H3,(H,9,10). The van der Waals surface area contributed by atoms with E-state index in [9.17, 15) is 4.79 Å². The molecule has 4 nitrogen and oxygen atoms in total. The van der Waals surface area contributed by atoms with Crippen LogP contribution < -0.4 is 5.32 Å². The monoisotopic (exact) mass is 173 g/mol. The molecule has 0 unspecified atom stereocenters. The van der Waals surface area contributed by atoms with Gasteiger partial charge < -0.3 is 14.8 Å². The van der Waals surface area contributed by atoms with Crippen LogP contribution in [0.3, 0.4) is 0 Å². The molecule has 0 saturated heterocycles. The van der Waals surface area contributed by atoms with Gasteiger partial charge in [0.15, 0.2) is 0 Å². The Morgan fingerprint density at radius 3 is 2.83 bits per heavy atom. The quantitative estimate of drug-likeness (QED) is 0.629. The molecule has 0 aromatic heterocycles. The normalized spacial score (nSPS) is 10.2. The third kappa shape index (κ3) is 7.08. The minimum atomic E-state index is -0.389. The maximum atomic E-state index is 10.7. The number of methoxy groups -OCH3 is 1. The zero-order valence-corrected chi connectivity index (χ0v) is 7.50. The zero-order valence-electron chi connectivity index (χ0n) is 7.50. The van der Waals surface area contributed by atoms with Gasteiger partial charge in [-0.25, -0.2) is 4.79 Å². The lowest BCUT2D eigenvalue weighted by Crippen LogP contribution is -2.24. The molecule has 0 saturated carbocycles. The van der Waals surface area contributed by atoms with Crippen LogP contribution in [0.25, 0.3) is 0 Å². The first-order valence-electron chi connectivity index (χ1n) is 3.85. The third-order valence-electron chi connectivity index (χ3n) is 1.07. The predicted octanol–water partition coefficient (Wildman–Crippen LogP) is 0.935. The lowest BCUT2D eigenvalue weighted by atomic mass is 10.5. The van der Waals surface area contributed by atoms with Crippen molar-refractivity contribution in [2.24, 2.45) is 0 Å². The molecule has 0 aliphatic heterocycles. The molecule has 0 fully saturated rings. The van der Waals surface area contributed by atoms with Crippen molar-refractivity contribution in [3.05, 3.63) is 12.2 Å². The molecule has 0 spiro atoms. The van der Waals surface area contributed by atoms with E-state index in [1.54, 1.807) is 20.1 Å². The SMILES string of the molecule is CCOC(=O)NCC=CCOC. The molecule has 0 heterocycles. The Labute approximate surface area is 72.5 Å². The summed E-state index contributed by atoms with van der Waals surface area (Å²) in [5.41, 5.74) is 0. The summed E-state index contributed by atoms with van der Waals surface area (Å²) in [6.45, 7) is 3.20. The summed E-state index contributed by atoms with van der Waals surface area (Å²) in [5.74, 6) is 0. The average molecular weight is 173 g/mol. The van der Waals surface area contributed by atoms with Crippen LogP contribution in [-0.4, -0.2) is 33.0 Å². The van der Waals surface area contributed by atoms with Crippen molar-refractivity contribution in [1.29, 1.82) is 0 Å². The van der Waals surface area contributed by atoms with Crippen molar-refractivity contribution in [2.45, 2.75) is 6.92 Å². The minimum Gasteiger partial charge on any atom is -0.450 e. The summed E-state index contributed by atoms with van der Waals surface area (Å²) in [5, 5.41) is 2.54. The van der Waals surface area contributed by atoms with Gasteiger partial charge in [-0.3, -0.25) is 0 Å². The van der Waals surface area contributed by atoms with Crippen LogP contribution >= 0.6 is 0 Å². The Bertz CT molecular complexity index is 145. The van der Waals surface area contributed by atoms with Gasteiger partial charge in [0.05, 0.1) is 13.2 Å². The summed E-state index contributed by atoms with van der Waals surface area (Å²) >= 11 is 0. The lowest BCUT2D eigenvalue weighted by molar-refractivity contribution is 0.153. The zero-order chi connectivity index (χ0) is 9.23. The van der Waals surface area contributed by atoms with Crippen LogP contribution in [0.2, 0.25) is 0 Å². The molecule has 70 valence electrons. The van der Waals surface area contributed by atoms with Gasteiger partial charge in [0.25, 0.3) is 0 Å². The van der Waals surface area contributed by atoms with Crippen LogP contribution in [0.4, 0.5) is 4.79 Å². The van der Waals surface area contributed by atoms with Crippen molar-refractivity contribution in [2.75, 3.05) is 26.9 Å². The summed E-state index contributed by atoms with van der Waals surface area (Å²) in [6, 6.07) is 0. The van der Waals surface area contributed by atoms with Gasteiger partial charge in [0.2, 0.25) is 0 Å². The van der Waals surface area contributed by atoms with Gasteiger partial charge in [-0.1, -0.05) is 12.2 Å². The van der Waals surface area contributed by atoms with Crippen molar-refractivity contribution >= 4 is 6.09 Å². The van der Waals surface area contributed by atoms with E-state index < -0.39 is 0 Å². The van der Waals surface area contributed by atoms with Crippen LogP contribution in [0.5, 0.6) is 0 Å². The number of rotatable bonds is 5. The predicted molar refractivity (Wildman–Crippen MR) is 46.0 cm³/mol. The number of hydrogen-bond donors (Lipinski definition) is 1. The number of carbonyl (C=O) groups excluding carboxylic acids is 1. The largest absolute Gasteiger partial charge is 0.450 e. The van der Waals surface area contributed by atoms with Gasteiger partial charge >= 0.3 is 6.09 Å². The van der Waals surface area contributed by atoms with Crippen molar-refractivity contribution in [3.8, 4) is 0 Å². The van der Waals surface area contributed by atoms with E-state index in [4.69, 9.17) is 4.74 Å². The molecule has 0 aliphatic rings. The molecule has 0 atom stereocenters. The number of carbonyl (C=O) groups is 1. The highest BCUT2D eigenvalue weighted by atomic mass is 16.5. The van der Waals surface area contributed by atoms with Crippen LogP contribution in [0.15, 0.2) is 12.2 Å². The van der Waals surface area contributed by atoms with E-state index in [1.807, 2.05) is 6.08 Å². The number of nitrogens with one attached hydrogen (secondary N) is 1. The third-order valence-corrected chi connectivity index (χ3v) is 1.07. The Balaban J connectivity index is 3.24. The topological polar surface area (TPSA) is 47.6 Å². The number of amides is 1. The Morgan fingerprint density at radius 1 is 1.50 bits per heavy atom.